The Morgan fingerprint density at radius 2 is 2.13 bits per heavy atom. The van der Waals surface area contributed by atoms with E-state index in [0.717, 1.165) is 12.1 Å². The fraction of sp³-hybridized carbons (Fsp3) is 0.533. The smallest absolute Gasteiger partial charge is 0.237 e. The molecule has 8 heteroatoms. The minimum atomic E-state index is -0.739. The van der Waals surface area contributed by atoms with E-state index in [4.69, 9.17) is 16.3 Å². The second-order valence-electron chi connectivity index (χ2n) is 5.92. The van der Waals surface area contributed by atoms with Crippen LogP contribution in [0.25, 0.3) is 0 Å². The zero-order valence-electron chi connectivity index (χ0n) is 12.2. The van der Waals surface area contributed by atoms with Crippen molar-refractivity contribution in [2.75, 3.05) is 19.8 Å². The van der Waals surface area contributed by atoms with Crippen molar-refractivity contribution in [3.05, 3.63) is 34.4 Å². The van der Waals surface area contributed by atoms with Crippen LogP contribution in [0.4, 0.5) is 8.78 Å². The van der Waals surface area contributed by atoms with Gasteiger partial charge in [-0.05, 0) is 18.6 Å². The van der Waals surface area contributed by atoms with Crippen molar-refractivity contribution in [1.82, 2.24) is 10.6 Å². The summed E-state index contributed by atoms with van der Waals surface area (Å²) in [5.41, 5.74) is 0.0482. The summed E-state index contributed by atoms with van der Waals surface area (Å²) < 4.78 is 33.0. The van der Waals surface area contributed by atoms with Crippen molar-refractivity contribution < 1.29 is 23.4 Å². The van der Waals surface area contributed by atoms with E-state index in [0.29, 0.717) is 19.8 Å². The molecule has 0 aliphatic carbocycles. The van der Waals surface area contributed by atoms with Gasteiger partial charge in [0.15, 0.2) is 0 Å². The van der Waals surface area contributed by atoms with Gasteiger partial charge in [-0.3, -0.25) is 4.79 Å². The first kappa shape index (κ1) is 16.6. The second-order valence-corrected chi connectivity index (χ2v) is 6.33. The molecule has 0 radical (unpaired) electrons. The lowest BCUT2D eigenvalue weighted by atomic mass is 9.90. The molecule has 2 saturated heterocycles. The molecule has 23 heavy (non-hydrogen) atoms. The molecule has 3 rings (SSSR count). The molecular weight excluding hydrogens is 330 g/mol. The SMILES string of the molecule is O=C(NC(c1cc(F)c(Cl)cc1F)C1COC1)[C@H]1C[C@@H](O)CN1. The molecule has 2 fully saturated rings. The first-order chi connectivity index (χ1) is 11.0. The Morgan fingerprint density at radius 3 is 2.70 bits per heavy atom. The lowest BCUT2D eigenvalue weighted by Gasteiger charge is -2.35. The zero-order valence-corrected chi connectivity index (χ0v) is 12.9. The quantitative estimate of drug-likeness (QED) is 0.715. The van der Waals surface area contributed by atoms with Crippen molar-refractivity contribution in [3.63, 3.8) is 0 Å². The number of carbonyl (C=O) groups is 1. The molecule has 2 heterocycles. The number of aliphatic hydroxyl groups excluding tert-OH is 1. The third-order valence-electron chi connectivity index (χ3n) is 4.23. The fourth-order valence-corrected chi connectivity index (χ4v) is 2.99. The van der Waals surface area contributed by atoms with Crippen LogP contribution in [0.3, 0.4) is 0 Å². The number of carbonyl (C=O) groups excluding carboxylic acids is 1. The Balaban J connectivity index is 1.81. The summed E-state index contributed by atoms with van der Waals surface area (Å²) in [4.78, 5) is 12.3. The maximum atomic E-state index is 14.2. The topological polar surface area (TPSA) is 70.6 Å². The molecule has 1 amide bonds. The number of halogens is 3. The van der Waals surface area contributed by atoms with Crippen molar-refractivity contribution in [3.8, 4) is 0 Å². The number of aliphatic hydroxyl groups is 1. The Morgan fingerprint density at radius 1 is 1.39 bits per heavy atom. The summed E-state index contributed by atoms with van der Waals surface area (Å²) in [5, 5.41) is 14.8. The van der Waals surface area contributed by atoms with E-state index in [1.54, 1.807) is 0 Å². The summed E-state index contributed by atoms with van der Waals surface area (Å²) in [6.45, 7) is 1.05. The third kappa shape index (κ3) is 3.47. The maximum absolute atomic E-state index is 14.2. The molecule has 0 spiro atoms. The van der Waals surface area contributed by atoms with Crippen LogP contribution in [0, 0.1) is 17.6 Å². The van der Waals surface area contributed by atoms with Gasteiger partial charge in [0.1, 0.15) is 11.6 Å². The van der Waals surface area contributed by atoms with Crippen LogP contribution in [-0.4, -0.2) is 42.9 Å². The number of benzene rings is 1. The molecule has 5 nitrogen and oxygen atoms in total. The molecule has 1 aromatic rings. The van der Waals surface area contributed by atoms with E-state index in [1.165, 1.54) is 0 Å². The number of hydrogen-bond acceptors (Lipinski definition) is 4. The van der Waals surface area contributed by atoms with Crippen LogP contribution in [0.15, 0.2) is 12.1 Å². The normalized spacial score (nSPS) is 25.9. The predicted molar refractivity (Wildman–Crippen MR) is 79.0 cm³/mol. The third-order valence-corrected chi connectivity index (χ3v) is 4.52. The van der Waals surface area contributed by atoms with Crippen molar-refractivity contribution >= 4 is 17.5 Å². The van der Waals surface area contributed by atoms with E-state index in [-0.39, 0.29) is 28.8 Å². The monoisotopic (exact) mass is 346 g/mol. The summed E-state index contributed by atoms with van der Waals surface area (Å²) in [6, 6.07) is 0.664. The molecule has 0 bridgehead atoms. The van der Waals surface area contributed by atoms with E-state index in [2.05, 4.69) is 10.6 Å². The number of rotatable bonds is 4. The minimum absolute atomic E-state index is 0.0482. The highest BCUT2D eigenvalue weighted by molar-refractivity contribution is 6.30. The van der Waals surface area contributed by atoms with Gasteiger partial charge in [0.2, 0.25) is 5.91 Å². The van der Waals surface area contributed by atoms with Crippen LogP contribution in [0.5, 0.6) is 0 Å². The van der Waals surface area contributed by atoms with Crippen LogP contribution in [0.1, 0.15) is 18.0 Å². The first-order valence-corrected chi connectivity index (χ1v) is 7.77. The first-order valence-electron chi connectivity index (χ1n) is 7.39. The highest BCUT2D eigenvalue weighted by Gasteiger charge is 2.36. The number of ether oxygens (including phenoxy) is 1. The van der Waals surface area contributed by atoms with Crippen LogP contribution in [-0.2, 0) is 9.53 Å². The molecule has 0 saturated carbocycles. The van der Waals surface area contributed by atoms with E-state index in [1.807, 2.05) is 0 Å². The lowest BCUT2D eigenvalue weighted by Crippen LogP contribution is -2.48. The Kier molecular flexibility index (Phi) is 4.82. The summed E-state index contributed by atoms with van der Waals surface area (Å²) in [6.07, 6.45) is -0.294. The second kappa shape index (κ2) is 6.68. The average Bonchev–Trinajstić information content (AvgIpc) is 2.87. The van der Waals surface area contributed by atoms with E-state index >= 15 is 0 Å². The molecule has 3 atom stereocenters. The molecule has 1 aromatic carbocycles. The standard InChI is InChI=1S/C15H17ClF2N2O3/c16-10-3-11(17)9(2-12(10)18)14(7-5-23-6-7)20-15(22)13-1-8(21)4-19-13/h2-3,7-8,13-14,19,21H,1,4-6H2,(H,20,22)/t8-,13-,14?/m1/s1. The number of hydrogen-bond donors (Lipinski definition) is 3. The average molecular weight is 347 g/mol. The van der Waals surface area contributed by atoms with Crippen LogP contribution >= 0.6 is 11.6 Å². The van der Waals surface area contributed by atoms with Crippen molar-refractivity contribution in [2.45, 2.75) is 24.6 Å². The van der Waals surface area contributed by atoms with Crippen LogP contribution < -0.4 is 10.6 Å². The van der Waals surface area contributed by atoms with E-state index < -0.39 is 29.8 Å². The van der Waals surface area contributed by atoms with Gasteiger partial charge in [-0.1, -0.05) is 11.6 Å². The minimum Gasteiger partial charge on any atom is -0.392 e. The van der Waals surface area contributed by atoms with Gasteiger partial charge < -0.3 is 20.5 Å². The fourth-order valence-electron chi connectivity index (χ4n) is 2.84. The number of nitrogens with one attached hydrogen (secondary N) is 2. The molecule has 0 aromatic heterocycles. The highest BCUT2D eigenvalue weighted by atomic mass is 35.5. The van der Waals surface area contributed by atoms with Gasteiger partial charge >= 0.3 is 0 Å². The highest BCUT2D eigenvalue weighted by Crippen LogP contribution is 2.32. The Labute approximate surface area is 137 Å². The van der Waals surface area contributed by atoms with Crippen molar-refractivity contribution in [2.24, 2.45) is 5.92 Å². The van der Waals surface area contributed by atoms with Crippen molar-refractivity contribution in [1.29, 1.82) is 0 Å². The molecular formula is C15H17ClF2N2O3. The summed E-state index contributed by atoms with van der Waals surface area (Å²) >= 11 is 5.58. The van der Waals surface area contributed by atoms with Gasteiger partial charge in [0.05, 0.1) is 36.4 Å². The van der Waals surface area contributed by atoms with Gasteiger partial charge in [-0.15, -0.1) is 0 Å². The maximum Gasteiger partial charge on any atom is 0.237 e. The van der Waals surface area contributed by atoms with Gasteiger partial charge in [-0.25, -0.2) is 8.78 Å². The lowest BCUT2D eigenvalue weighted by molar-refractivity contribution is -0.126. The van der Waals surface area contributed by atoms with E-state index in [9.17, 15) is 18.7 Å². The largest absolute Gasteiger partial charge is 0.392 e. The molecule has 126 valence electrons. The Bertz CT molecular complexity index is 613. The summed E-state index contributed by atoms with van der Waals surface area (Å²) in [5.74, 6) is -1.90. The van der Waals surface area contributed by atoms with Gasteiger partial charge in [0.25, 0.3) is 0 Å². The molecule has 1 unspecified atom stereocenters. The predicted octanol–water partition coefficient (Wildman–Crippen LogP) is 1.14. The Hall–Kier alpha value is -1.28. The zero-order chi connectivity index (χ0) is 16.6. The molecule has 3 N–H and O–H groups in total. The molecule has 2 aliphatic heterocycles. The van der Waals surface area contributed by atoms with Crippen LogP contribution in [0.2, 0.25) is 5.02 Å². The number of amides is 1. The number of β-amino-alcohol motifs (C(OH)–C–C–N with tert-alkyl or cyclic N) is 1. The van der Waals surface area contributed by atoms with Gasteiger partial charge in [0, 0.05) is 18.0 Å². The summed E-state index contributed by atoms with van der Waals surface area (Å²) in [7, 11) is 0. The molecule has 2 aliphatic rings. The van der Waals surface area contributed by atoms with Gasteiger partial charge in [-0.2, -0.15) is 0 Å².